The normalized spacial score (nSPS) is 19.4. The lowest BCUT2D eigenvalue weighted by atomic mass is 9.93. The van der Waals surface area contributed by atoms with Crippen LogP contribution in [0, 0.1) is 23.5 Å². The van der Waals surface area contributed by atoms with Gasteiger partial charge < -0.3 is 15.1 Å². The lowest BCUT2D eigenvalue weighted by Gasteiger charge is -2.34. The number of carbonyl (C=O) groups is 3. The molecule has 5 aliphatic rings. The van der Waals surface area contributed by atoms with Gasteiger partial charge in [0.15, 0.2) is 6.29 Å². The lowest BCUT2D eigenvalue weighted by Crippen LogP contribution is -2.40. The number of carbonyl (C=O) groups excluding carboxylic acids is 3. The highest BCUT2D eigenvalue weighted by Gasteiger charge is 2.31. The molecule has 2 N–H and O–H groups in total. The van der Waals surface area contributed by atoms with E-state index >= 15 is 0 Å². The summed E-state index contributed by atoms with van der Waals surface area (Å²) in [5, 5.41) is 11.1. The van der Waals surface area contributed by atoms with Gasteiger partial charge in [-0.15, -0.1) is 0 Å². The Labute approximate surface area is 379 Å². The Balaban J connectivity index is 0.000000153. The SMILES string of the molecule is O=C(CC1CCCN(Cc2ccccc2F)C1)N1CCc2[nH]nc(-c3ccncc3)c2C1.O=C(CC1CCCNC1)N1CCC2=C(C1)C(c1ccncc1)=NC2.O=Cc1ccccc1F. The summed E-state index contributed by atoms with van der Waals surface area (Å²) in [5.74, 6) is 0.700. The fraction of sp³-hybridized carbons (Fsp3) is 0.392. The molecule has 10 rings (SSSR count). The second-order valence-electron chi connectivity index (χ2n) is 17.5. The number of halogens is 2. The van der Waals surface area contributed by atoms with E-state index in [1.54, 1.807) is 43.0 Å². The maximum Gasteiger partial charge on any atom is 0.223 e. The Kier molecular flexibility index (Phi) is 15.4. The van der Waals surface area contributed by atoms with Gasteiger partial charge in [-0.25, -0.2) is 8.78 Å². The van der Waals surface area contributed by atoms with Gasteiger partial charge in [0, 0.05) is 111 Å². The van der Waals surface area contributed by atoms with E-state index in [2.05, 4.69) is 30.4 Å². The van der Waals surface area contributed by atoms with Crippen LogP contribution in [0.1, 0.15) is 77.7 Å². The zero-order valence-corrected chi connectivity index (χ0v) is 36.8. The fourth-order valence-corrected chi connectivity index (χ4v) is 9.48. The number of hydrogen-bond acceptors (Lipinski definition) is 9. The summed E-state index contributed by atoms with van der Waals surface area (Å²) >= 11 is 0. The van der Waals surface area contributed by atoms with Crippen LogP contribution >= 0.6 is 0 Å². The maximum atomic E-state index is 14.0. The van der Waals surface area contributed by atoms with Gasteiger partial charge in [0.25, 0.3) is 0 Å². The number of H-pyrrole nitrogens is 1. The number of benzene rings is 2. The second-order valence-corrected chi connectivity index (χ2v) is 17.5. The van der Waals surface area contributed by atoms with Crippen molar-refractivity contribution in [1.82, 2.24) is 40.2 Å². The molecule has 2 fully saturated rings. The molecule has 338 valence electrons. The number of piperidine rings is 2. The highest BCUT2D eigenvalue weighted by atomic mass is 19.1. The zero-order valence-electron chi connectivity index (χ0n) is 36.8. The number of rotatable bonds is 9. The third-order valence-corrected chi connectivity index (χ3v) is 13.0. The minimum atomic E-state index is -0.465. The molecular formula is C51H57F2N9O3. The van der Waals surface area contributed by atoms with Gasteiger partial charge in [-0.05, 0) is 117 Å². The fourth-order valence-electron chi connectivity index (χ4n) is 9.48. The molecule has 65 heavy (non-hydrogen) atoms. The maximum absolute atomic E-state index is 14.0. The molecule has 2 amide bonds. The monoisotopic (exact) mass is 881 g/mol. The van der Waals surface area contributed by atoms with Crippen LogP contribution < -0.4 is 5.32 Å². The third kappa shape index (κ3) is 11.7. The Bertz CT molecular complexity index is 2470. The average Bonchev–Trinajstić information content (AvgIpc) is 3.98. The van der Waals surface area contributed by atoms with E-state index in [0.29, 0.717) is 50.0 Å². The molecule has 0 spiro atoms. The number of aromatic nitrogens is 4. The molecule has 3 aromatic heterocycles. The first-order valence-electron chi connectivity index (χ1n) is 22.9. The van der Waals surface area contributed by atoms with Crippen molar-refractivity contribution in [2.45, 2.75) is 64.5 Å². The number of aldehydes is 1. The third-order valence-electron chi connectivity index (χ3n) is 13.0. The molecule has 0 radical (unpaired) electrons. The summed E-state index contributed by atoms with van der Waals surface area (Å²) in [7, 11) is 0. The van der Waals surface area contributed by atoms with Crippen LogP contribution in [-0.2, 0) is 29.1 Å². The molecule has 2 atom stereocenters. The quantitative estimate of drug-likeness (QED) is 0.148. The summed E-state index contributed by atoms with van der Waals surface area (Å²) in [4.78, 5) is 55.1. The van der Waals surface area contributed by atoms with Crippen LogP contribution in [-0.4, -0.2) is 111 Å². The van der Waals surface area contributed by atoms with Gasteiger partial charge in [0.2, 0.25) is 11.8 Å². The minimum Gasteiger partial charge on any atom is -0.338 e. The van der Waals surface area contributed by atoms with E-state index in [0.717, 1.165) is 117 Å². The number of aliphatic imine (C=N–C) groups is 1. The number of pyridine rings is 2. The van der Waals surface area contributed by atoms with Gasteiger partial charge in [0.1, 0.15) is 11.6 Å². The van der Waals surface area contributed by atoms with Gasteiger partial charge in [-0.3, -0.25) is 39.3 Å². The summed E-state index contributed by atoms with van der Waals surface area (Å²) in [6, 6.07) is 20.7. The van der Waals surface area contributed by atoms with Crippen molar-refractivity contribution in [3.63, 3.8) is 0 Å². The zero-order chi connectivity index (χ0) is 45.0. The molecule has 2 aromatic carbocycles. The summed E-state index contributed by atoms with van der Waals surface area (Å²) in [6.07, 6.45) is 15.1. The van der Waals surface area contributed by atoms with E-state index < -0.39 is 5.82 Å². The number of amides is 2. The van der Waals surface area contributed by atoms with Crippen molar-refractivity contribution in [2.24, 2.45) is 16.8 Å². The molecule has 2 saturated heterocycles. The number of hydrogen-bond donors (Lipinski definition) is 2. The van der Waals surface area contributed by atoms with Crippen molar-refractivity contribution < 1.29 is 23.2 Å². The molecule has 12 nitrogen and oxygen atoms in total. The molecule has 8 heterocycles. The number of nitrogens with one attached hydrogen (secondary N) is 2. The largest absolute Gasteiger partial charge is 0.338 e. The van der Waals surface area contributed by atoms with Crippen LogP contribution in [0.4, 0.5) is 8.78 Å². The Hall–Kier alpha value is -6.25. The highest BCUT2D eigenvalue weighted by Crippen LogP contribution is 2.31. The summed E-state index contributed by atoms with van der Waals surface area (Å²) in [5.41, 5.74) is 9.84. The first kappa shape index (κ1) is 45.3. The standard InChI is InChI=1S/C25H28FN5O.C19H24N4O.C7H5FO/c26-22-6-2-1-5-20(22)16-30-12-3-4-18(15-30)14-24(32)31-13-9-23-21(17-31)25(29-28-23)19-7-10-27-11-8-19;24-18(10-14-2-1-6-21-11-14)23-9-5-16-12-22-19(17(16)13-23)15-3-7-20-8-4-15;8-7-4-2-1-3-6(7)5-9/h1-2,5-8,10-11,18H,3-4,9,12-17H2,(H,28,29);3-4,7-8,14,21H,1-2,5-6,9-13H2;1-5H. The van der Waals surface area contributed by atoms with Gasteiger partial charge in [-0.2, -0.15) is 5.10 Å². The van der Waals surface area contributed by atoms with Crippen LogP contribution in [0.2, 0.25) is 0 Å². The predicted molar refractivity (Wildman–Crippen MR) is 246 cm³/mol. The topological polar surface area (TPSA) is 140 Å². The van der Waals surface area contributed by atoms with Gasteiger partial charge >= 0.3 is 0 Å². The van der Waals surface area contributed by atoms with Crippen LogP contribution in [0.15, 0.2) is 114 Å². The Morgan fingerprint density at radius 3 is 2.14 bits per heavy atom. The summed E-state index contributed by atoms with van der Waals surface area (Å²) in [6.45, 7) is 8.14. The smallest absolute Gasteiger partial charge is 0.223 e. The molecule has 0 saturated carbocycles. The molecule has 14 heteroatoms. The number of nitrogens with zero attached hydrogens (tertiary/aromatic N) is 7. The van der Waals surface area contributed by atoms with Crippen molar-refractivity contribution >= 4 is 23.8 Å². The van der Waals surface area contributed by atoms with E-state index in [1.165, 1.54) is 42.2 Å². The van der Waals surface area contributed by atoms with Crippen LogP contribution in [0.3, 0.4) is 0 Å². The van der Waals surface area contributed by atoms with Crippen LogP contribution in [0.25, 0.3) is 11.3 Å². The Morgan fingerprint density at radius 2 is 1.43 bits per heavy atom. The van der Waals surface area contributed by atoms with E-state index in [-0.39, 0.29) is 17.3 Å². The lowest BCUT2D eigenvalue weighted by molar-refractivity contribution is -0.134. The number of likely N-dealkylation sites (tertiary alicyclic amines) is 1. The first-order chi connectivity index (χ1) is 31.8. The number of fused-ring (bicyclic) bond motifs is 1. The average molecular weight is 882 g/mol. The van der Waals surface area contributed by atoms with Crippen LogP contribution in [0.5, 0.6) is 0 Å². The van der Waals surface area contributed by atoms with Gasteiger partial charge in [0.05, 0.1) is 23.5 Å². The van der Waals surface area contributed by atoms with Crippen molar-refractivity contribution in [1.29, 1.82) is 0 Å². The molecule has 0 bridgehead atoms. The molecular weight excluding hydrogens is 825 g/mol. The van der Waals surface area contributed by atoms with Gasteiger partial charge in [-0.1, -0.05) is 30.3 Å². The molecule has 2 unspecified atom stereocenters. The van der Waals surface area contributed by atoms with Crippen molar-refractivity contribution in [3.8, 4) is 11.3 Å². The molecule has 5 aromatic rings. The van der Waals surface area contributed by atoms with E-state index in [9.17, 15) is 23.2 Å². The predicted octanol–water partition coefficient (Wildman–Crippen LogP) is 7.24. The molecule has 5 aliphatic heterocycles. The van der Waals surface area contributed by atoms with E-state index in [1.807, 2.05) is 46.2 Å². The Morgan fingerprint density at radius 1 is 0.754 bits per heavy atom. The van der Waals surface area contributed by atoms with E-state index in [4.69, 9.17) is 4.99 Å². The number of aromatic amines is 1. The van der Waals surface area contributed by atoms with Crippen molar-refractivity contribution in [2.75, 3.05) is 52.4 Å². The molecule has 0 aliphatic carbocycles. The summed E-state index contributed by atoms with van der Waals surface area (Å²) < 4.78 is 26.4. The van der Waals surface area contributed by atoms with Crippen molar-refractivity contribution in [3.05, 3.63) is 148 Å². The second kappa shape index (κ2) is 22.1. The minimum absolute atomic E-state index is 0.109. The highest BCUT2D eigenvalue weighted by molar-refractivity contribution is 6.15. The first-order valence-corrected chi connectivity index (χ1v) is 22.9.